The smallest absolute Gasteiger partial charge is 0.270 e. The minimum atomic E-state index is -0.562. The fourth-order valence-electron chi connectivity index (χ4n) is 2.32. The molecule has 1 aliphatic rings. The van der Waals surface area contributed by atoms with Crippen LogP contribution in [0.25, 0.3) is 0 Å². The van der Waals surface area contributed by atoms with Crippen LogP contribution in [0.5, 0.6) is 0 Å². The number of para-hydroxylation sites is 2. The number of nitrogens with zero attached hydrogens (tertiary/aromatic N) is 2. The summed E-state index contributed by atoms with van der Waals surface area (Å²) in [4.78, 5) is 35.9. The number of non-ortho nitro benzene ring substituents is 1. The van der Waals surface area contributed by atoms with Gasteiger partial charge >= 0.3 is 0 Å². The molecule has 0 bridgehead atoms. The molecule has 7 heteroatoms. The van der Waals surface area contributed by atoms with Crippen molar-refractivity contribution in [2.24, 2.45) is 0 Å². The van der Waals surface area contributed by atoms with Gasteiger partial charge in [-0.3, -0.25) is 24.6 Å². The number of carbonyl (C=O) groups excluding carboxylic acids is 2. The third kappa shape index (κ3) is 2.39. The maximum Gasteiger partial charge on any atom is 0.270 e. The van der Waals surface area contributed by atoms with E-state index < -0.39 is 10.8 Å². The second kappa shape index (κ2) is 5.28. The number of hydrogen-bond donors (Lipinski definition) is 1. The number of anilines is 2. The third-order valence-corrected chi connectivity index (χ3v) is 3.32. The Bertz CT molecular complexity index is 788. The number of amides is 2. The van der Waals surface area contributed by atoms with Crippen LogP contribution in [0.4, 0.5) is 17.1 Å². The van der Waals surface area contributed by atoms with Gasteiger partial charge in [0.15, 0.2) is 0 Å². The molecule has 0 unspecified atom stereocenters. The van der Waals surface area contributed by atoms with Crippen LogP contribution in [0.2, 0.25) is 0 Å². The molecule has 0 fully saturated rings. The number of carbonyl (C=O) groups is 2. The zero-order chi connectivity index (χ0) is 15.7. The van der Waals surface area contributed by atoms with Crippen molar-refractivity contribution in [1.82, 2.24) is 0 Å². The fourth-order valence-corrected chi connectivity index (χ4v) is 2.32. The van der Waals surface area contributed by atoms with Gasteiger partial charge in [-0.05, 0) is 18.2 Å². The minimum Gasteiger partial charge on any atom is -0.323 e. The van der Waals surface area contributed by atoms with Crippen LogP contribution < -0.4 is 10.2 Å². The van der Waals surface area contributed by atoms with E-state index in [4.69, 9.17) is 0 Å². The van der Waals surface area contributed by atoms with Gasteiger partial charge in [-0.25, -0.2) is 0 Å². The Labute approximate surface area is 125 Å². The van der Waals surface area contributed by atoms with E-state index in [1.165, 1.54) is 29.2 Å². The average molecular weight is 297 g/mol. The predicted molar refractivity (Wildman–Crippen MR) is 79.8 cm³/mol. The number of rotatable bonds is 2. The number of nitrogens with one attached hydrogen (secondary N) is 1. The maximum atomic E-state index is 12.6. The molecule has 1 heterocycles. The summed E-state index contributed by atoms with van der Waals surface area (Å²) in [7, 11) is 0. The highest BCUT2D eigenvalue weighted by Crippen LogP contribution is 2.30. The van der Waals surface area contributed by atoms with E-state index in [1.807, 2.05) is 0 Å². The topological polar surface area (TPSA) is 92.5 Å². The van der Waals surface area contributed by atoms with Crippen molar-refractivity contribution in [3.8, 4) is 0 Å². The van der Waals surface area contributed by atoms with Crippen molar-refractivity contribution in [3.63, 3.8) is 0 Å². The summed E-state index contributed by atoms with van der Waals surface area (Å²) in [6, 6.07) is 12.4. The molecule has 7 nitrogen and oxygen atoms in total. The van der Waals surface area contributed by atoms with E-state index in [0.717, 1.165) is 0 Å². The molecule has 0 atom stereocenters. The second-order valence-corrected chi connectivity index (χ2v) is 4.76. The summed E-state index contributed by atoms with van der Waals surface area (Å²) in [6.45, 7) is -0.126. The first-order chi connectivity index (χ1) is 10.6. The SMILES string of the molecule is O=C1CN(C(=O)c2cccc([N+](=O)[O-])c2)c2ccccc2N1. The number of nitro benzene ring substituents is 1. The summed E-state index contributed by atoms with van der Waals surface area (Å²) in [5.74, 6) is -0.761. The molecule has 22 heavy (non-hydrogen) atoms. The molecular formula is C15H11N3O4. The first kappa shape index (κ1) is 13.7. The fraction of sp³-hybridized carbons (Fsp3) is 0.0667. The van der Waals surface area contributed by atoms with E-state index in [2.05, 4.69) is 5.32 Å². The van der Waals surface area contributed by atoms with E-state index in [9.17, 15) is 19.7 Å². The van der Waals surface area contributed by atoms with Crippen LogP contribution >= 0.6 is 0 Å². The highest BCUT2D eigenvalue weighted by molar-refractivity contribution is 6.15. The maximum absolute atomic E-state index is 12.6. The van der Waals surface area contributed by atoms with E-state index in [-0.39, 0.29) is 23.7 Å². The van der Waals surface area contributed by atoms with Crippen LogP contribution in [-0.4, -0.2) is 23.3 Å². The summed E-state index contributed by atoms with van der Waals surface area (Å²) in [5, 5.41) is 13.5. The van der Waals surface area contributed by atoms with Gasteiger partial charge in [0, 0.05) is 17.7 Å². The van der Waals surface area contributed by atoms with E-state index in [1.54, 1.807) is 24.3 Å². The highest BCUT2D eigenvalue weighted by Gasteiger charge is 2.27. The van der Waals surface area contributed by atoms with Gasteiger partial charge in [-0.15, -0.1) is 0 Å². The Balaban J connectivity index is 2.01. The van der Waals surface area contributed by atoms with Crippen molar-refractivity contribution >= 4 is 28.9 Å². The quantitative estimate of drug-likeness (QED) is 0.679. The molecule has 0 aromatic heterocycles. The predicted octanol–water partition coefficient (Wildman–Crippen LogP) is 2.19. The lowest BCUT2D eigenvalue weighted by Gasteiger charge is -2.29. The van der Waals surface area contributed by atoms with E-state index >= 15 is 0 Å². The summed E-state index contributed by atoms with van der Waals surface area (Å²) >= 11 is 0. The zero-order valence-corrected chi connectivity index (χ0v) is 11.4. The van der Waals surface area contributed by atoms with Crippen LogP contribution in [0, 0.1) is 10.1 Å². The van der Waals surface area contributed by atoms with Crippen LogP contribution in [-0.2, 0) is 4.79 Å². The molecule has 2 aromatic rings. The lowest BCUT2D eigenvalue weighted by molar-refractivity contribution is -0.384. The Morgan fingerprint density at radius 2 is 1.95 bits per heavy atom. The van der Waals surface area contributed by atoms with Crippen molar-refractivity contribution in [1.29, 1.82) is 0 Å². The molecule has 110 valence electrons. The van der Waals surface area contributed by atoms with Crippen LogP contribution in [0.3, 0.4) is 0 Å². The van der Waals surface area contributed by atoms with E-state index in [0.29, 0.717) is 11.4 Å². The first-order valence-electron chi connectivity index (χ1n) is 6.51. The lowest BCUT2D eigenvalue weighted by atomic mass is 10.1. The lowest BCUT2D eigenvalue weighted by Crippen LogP contribution is -2.42. The molecule has 0 aliphatic carbocycles. The standard InChI is InChI=1S/C15H11N3O4/c19-14-9-17(13-7-2-1-6-12(13)16-14)15(20)10-4-3-5-11(8-10)18(21)22/h1-8H,9H2,(H,16,19). The normalized spacial score (nSPS) is 13.3. The molecule has 2 amide bonds. The Hall–Kier alpha value is -3.22. The molecule has 0 radical (unpaired) electrons. The summed E-state index contributed by atoms with van der Waals surface area (Å²) < 4.78 is 0. The van der Waals surface area contributed by atoms with Crippen molar-refractivity contribution in [2.75, 3.05) is 16.8 Å². The molecule has 1 aliphatic heterocycles. The summed E-state index contributed by atoms with van der Waals surface area (Å²) in [6.07, 6.45) is 0. The average Bonchev–Trinajstić information content (AvgIpc) is 2.53. The van der Waals surface area contributed by atoms with Gasteiger partial charge < -0.3 is 5.32 Å². The Kier molecular flexibility index (Phi) is 3.30. The molecule has 2 aromatic carbocycles. The van der Waals surface area contributed by atoms with Crippen molar-refractivity contribution < 1.29 is 14.5 Å². The number of fused-ring (bicyclic) bond motifs is 1. The number of hydrogen-bond acceptors (Lipinski definition) is 4. The molecule has 0 saturated carbocycles. The van der Waals surface area contributed by atoms with Gasteiger partial charge in [0.25, 0.3) is 11.6 Å². The molecule has 3 rings (SSSR count). The molecule has 0 spiro atoms. The van der Waals surface area contributed by atoms with Gasteiger partial charge in [-0.1, -0.05) is 18.2 Å². The van der Waals surface area contributed by atoms with Gasteiger partial charge in [-0.2, -0.15) is 0 Å². The van der Waals surface area contributed by atoms with Crippen LogP contribution in [0.15, 0.2) is 48.5 Å². The molecule has 0 saturated heterocycles. The van der Waals surface area contributed by atoms with Crippen LogP contribution in [0.1, 0.15) is 10.4 Å². The van der Waals surface area contributed by atoms with Crippen molar-refractivity contribution in [2.45, 2.75) is 0 Å². The monoisotopic (exact) mass is 297 g/mol. The second-order valence-electron chi connectivity index (χ2n) is 4.76. The first-order valence-corrected chi connectivity index (χ1v) is 6.51. The van der Waals surface area contributed by atoms with Crippen molar-refractivity contribution in [3.05, 3.63) is 64.2 Å². The molecule has 1 N–H and O–H groups in total. The Morgan fingerprint density at radius 1 is 1.18 bits per heavy atom. The van der Waals surface area contributed by atoms with Gasteiger partial charge in [0.2, 0.25) is 5.91 Å². The Morgan fingerprint density at radius 3 is 2.73 bits per heavy atom. The largest absolute Gasteiger partial charge is 0.323 e. The molecular weight excluding hydrogens is 286 g/mol. The highest BCUT2D eigenvalue weighted by atomic mass is 16.6. The third-order valence-electron chi connectivity index (χ3n) is 3.32. The van der Waals surface area contributed by atoms with Gasteiger partial charge in [0.1, 0.15) is 6.54 Å². The number of nitro groups is 1. The summed E-state index contributed by atoms with van der Waals surface area (Å²) in [5.41, 5.74) is 1.11. The van der Waals surface area contributed by atoms with Gasteiger partial charge in [0.05, 0.1) is 16.3 Å². The minimum absolute atomic E-state index is 0.126. The number of benzene rings is 2. The zero-order valence-electron chi connectivity index (χ0n) is 11.4.